The van der Waals surface area contributed by atoms with Crippen LogP contribution in [0.15, 0.2) is 23.1 Å². The maximum atomic E-state index is 12.2. The van der Waals surface area contributed by atoms with Gasteiger partial charge in [0.1, 0.15) is 4.90 Å². The molecule has 0 aromatic heterocycles. The van der Waals surface area contributed by atoms with Crippen LogP contribution in [0, 0.1) is 12.3 Å². The first-order valence-electron chi connectivity index (χ1n) is 6.55. The van der Waals surface area contributed by atoms with Gasteiger partial charge in [0, 0.05) is 13.2 Å². The molecule has 1 rings (SSSR count). The Bertz CT molecular complexity index is 556. The molecular weight excluding hydrogens is 298 g/mol. The minimum atomic E-state index is -3.61. The van der Waals surface area contributed by atoms with E-state index < -0.39 is 10.0 Å². The van der Waals surface area contributed by atoms with Gasteiger partial charge in [0.25, 0.3) is 0 Å². The second-order valence-electron chi connectivity index (χ2n) is 5.75. The van der Waals surface area contributed by atoms with Crippen molar-refractivity contribution >= 4 is 21.6 Å². The molecule has 1 aromatic rings. The zero-order chi connectivity index (χ0) is 15.4. The largest absolute Gasteiger partial charge is 0.396 e. The van der Waals surface area contributed by atoms with Gasteiger partial charge in [-0.25, -0.2) is 13.1 Å². The van der Waals surface area contributed by atoms with E-state index >= 15 is 0 Å². The standard InChI is InChI=1S/C14H22ClNO3S/c1-11-5-6-13(12(15)9-11)20(18,19)16-10-14(2,3)7-4-8-17/h5-6,9,16-17H,4,7-8,10H2,1-3H3. The number of aryl methyl sites for hydroxylation is 1. The highest BCUT2D eigenvalue weighted by Gasteiger charge is 2.23. The molecule has 2 N–H and O–H groups in total. The van der Waals surface area contributed by atoms with Crippen molar-refractivity contribution in [3.05, 3.63) is 28.8 Å². The highest BCUT2D eigenvalue weighted by Crippen LogP contribution is 2.25. The average Bonchev–Trinajstić information content (AvgIpc) is 2.34. The molecule has 4 nitrogen and oxygen atoms in total. The van der Waals surface area contributed by atoms with Gasteiger partial charge in [-0.3, -0.25) is 0 Å². The lowest BCUT2D eigenvalue weighted by Gasteiger charge is -2.24. The third-order valence-corrected chi connectivity index (χ3v) is 5.01. The fourth-order valence-corrected chi connectivity index (χ4v) is 3.68. The van der Waals surface area contributed by atoms with Gasteiger partial charge < -0.3 is 5.11 Å². The predicted molar refractivity (Wildman–Crippen MR) is 81.5 cm³/mol. The topological polar surface area (TPSA) is 66.4 Å². The number of halogens is 1. The molecule has 0 unspecified atom stereocenters. The fourth-order valence-electron chi connectivity index (χ4n) is 1.84. The second kappa shape index (κ2) is 6.89. The summed E-state index contributed by atoms with van der Waals surface area (Å²) < 4.78 is 27.1. The van der Waals surface area contributed by atoms with Gasteiger partial charge in [-0.2, -0.15) is 0 Å². The first-order chi connectivity index (χ1) is 9.18. The van der Waals surface area contributed by atoms with Crippen LogP contribution in [0.3, 0.4) is 0 Å². The molecule has 114 valence electrons. The molecule has 0 amide bonds. The number of hydrogen-bond acceptors (Lipinski definition) is 3. The molecule has 0 aliphatic carbocycles. The van der Waals surface area contributed by atoms with Gasteiger partial charge in [0.2, 0.25) is 10.0 Å². The molecule has 0 heterocycles. The highest BCUT2D eigenvalue weighted by molar-refractivity contribution is 7.89. The summed E-state index contributed by atoms with van der Waals surface area (Å²) in [6.45, 7) is 6.19. The first kappa shape index (κ1) is 17.4. The van der Waals surface area contributed by atoms with E-state index in [1.807, 2.05) is 20.8 Å². The molecular formula is C14H22ClNO3S. The summed E-state index contributed by atoms with van der Waals surface area (Å²) in [5, 5.41) is 9.07. The number of hydrogen-bond donors (Lipinski definition) is 2. The summed E-state index contributed by atoms with van der Waals surface area (Å²) >= 11 is 6.00. The lowest BCUT2D eigenvalue weighted by atomic mass is 9.88. The van der Waals surface area contributed by atoms with E-state index in [2.05, 4.69) is 4.72 Å². The number of benzene rings is 1. The summed E-state index contributed by atoms with van der Waals surface area (Å²) in [6, 6.07) is 4.87. The number of nitrogens with one attached hydrogen (secondary N) is 1. The highest BCUT2D eigenvalue weighted by atomic mass is 35.5. The first-order valence-corrected chi connectivity index (χ1v) is 8.41. The molecule has 0 spiro atoms. The van der Waals surface area contributed by atoms with Crippen LogP contribution in [0.5, 0.6) is 0 Å². The van der Waals surface area contributed by atoms with Crippen LogP contribution < -0.4 is 4.72 Å². The summed E-state index contributed by atoms with van der Waals surface area (Å²) in [6.07, 6.45) is 1.40. The van der Waals surface area contributed by atoms with Crippen LogP contribution >= 0.6 is 11.6 Å². The van der Waals surface area contributed by atoms with Crippen LogP contribution in [0.25, 0.3) is 0 Å². The number of sulfonamides is 1. The second-order valence-corrected chi connectivity index (χ2v) is 7.89. The number of aliphatic hydroxyl groups excluding tert-OH is 1. The van der Waals surface area contributed by atoms with E-state index in [-0.39, 0.29) is 21.9 Å². The Morgan fingerprint density at radius 2 is 2.00 bits per heavy atom. The van der Waals surface area contributed by atoms with Gasteiger partial charge in [0.15, 0.2) is 0 Å². The minimum absolute atomic E-state index is 0.0997. The third kappa shape index (κ3) is 5.05. The molecule has 0 saturated carbocycles. The normalized spacial score (nSPS) is 12.7. The van der Waals surface area contributed by atoms with Crippen molar-refractivity contribution in [1.82, 2.24) is 4.72 Å². The Labute approximate surface area is 126 Å². The van der Waals surface area contributed by atoms with E-state index in [1.165, 1.54) is 6.07 Å². The SMILES string of the molecule is Cc1ccc(S(=O)(=O)NCC(C)(C)CCCO)c(Cl)c1. The summed E-state index contributed by atoms with van der Waals surface area (Å²) in [4.78, 5) is 0.0997. The van der Waals surface area contributed by atoms with E-state index in [9.17, 15) is 8.42 Å². The Balaban J connectivity index is 2.80. The van der Waals surface area contributed by atoms with E-state index in [0.717, 1.165) is 12.0 Å². The van der Waals surface area contributed by atoms with Crippen molar-refractivity contribution in [2.75, 3.05) is 13.2 Å². The maximum Gasteiger partial charge on any atom is 0.242 e. The van der Waals surface area contributed by atoms with Crippen molar-refractivity contribution < 1.29 is 13.5 Å². The van der Waals surface area contributed by atoms with Crippen molar-refractivity contribution in [3.63, 3.8) is 0 Å². The molecule has 0 fully saturated rings. The molecule has 0 aliphatic heterocycles. The van der Waals surface area contributed by atoms with Crippen molar-refractivity contribution in [3.8, 4) is 0 Å². The van der Waals surface area contributed by atoms with Crippen LogP contribution in [0.4, 0.5) is 0 Å². The molecule has 1 aromatic carbocycles. The van der Waals surface area contributed by atoms with E-state index in [1.54, 1.807) is 12.1 Å². The Morgan fingerprint density at radius 1 is 1.35 bits per heavy atom. The smallest absolute Gasteiger partial charge is 0.242 e. The average molecular weight is 320 g/mol. The fraction of sp³-hybridized carbons (Fsp3) is 0.571. The van der Waals surface area contributed by atoms with Gasteiger partial charge >= 0.3 is 0 Å². The zero-order valence-electron chi connectivity index (χ0n) is 12.1. The summed E-state index contributed by atoms with van der Waals surface area (Å²) in [5.41, 5.74) is 0.699. The number of aliphatic hydroxyl groups is 1. The molecule has 0 saturated heterocycles. The van der Waals surface area contributed by atoms with Crippen molar-refractivity contribution in [2.45, 2.75) is 38.5 Å². The lowest BCUT2D eigenvalue weighted by molar-refractivity contribution is 0.242. The van der Waals surface area contributed by atoms with Crippen molar-refractivity contribution in [2.24, 2.45) is 5.41 Å². The van der Waals surface area contributed by atoms with E-state index in [0.29, 0.717) is 13.0 Å². The van der Waals surface area contributed by atoms with Crippen LogP contribution in [-0.2, 0) is 10.0 Å². The van der Waals surface area contributed by atoms with Crippen LogP contribution in [-0.4, -0.2) is 26.7 Å². The predicted octanol–water partition coefficient (Wildman–Crippen LogP) is 2.73. The molecule has 0 radical (unpaired) electrons. The lowest BCUT2D eigenvalue weighted by Crippen LogP contribution is -2.34. The van der Waals surface area contributed by atoms with Gasteiger partial charge in [-0.1, -0.05) is 31.5 Å². The van der Waals surface area contributed by atoms with Gasteiger partial charge in [-0.05, 0) is 42.9 Å². The van der Waals surface area contributed by atoms with Crippen LogP contribution in [0.2, 0.25) is 5.02 Å². The third-order valence-electron chi connectivity index (χ3n) is 3.13. The summed E-state index contributed by atoms with van der Waals surface area (Å²) in [7, 11) is -3.61. The Kier molecular flexibility index (Phi) is 6.01. The van der Waals surface area contributed by atoms with Crippen LogP contribution in [0.1, 0.15) is 32.3 Å². The maximum absolute atomic E-state index is 12.2. The van der Waals surface area contributed by atoms with E-state index in [4.69, 9.17) is 16.7 Å². The molecule has 0 atom stereocenters. The molecule has 0 aliphatic rings. The van der Waals surface area contributed by atoms with Crippen molar-refractivity contribution in [1.29, 1.82) is 0 Å². The molecule has 6 heteroatoms. The monoisotopic (exact) mass is 319 g/mol. The van der Waals surface area contributed by atoms with Gasteiger partial charge in [0.05, 0.1) is 5.02 Å². The Hall–Kier alpha value is -0.620. The zero-order valence-corrected chi connectivity index (χ0v) is 13.7. The van der Waals surface area contributed by atoms with Gasteiger partial charge in [-0.15, -0.1) is 0 Å². The molecule has 0 bridgehead atoms. The number of rotatable bonds is 7. The molecule has 20 heavy (non-hydrogen) atoms. The Morgan fingerprint density at radius 3 is 2.55 bits per heavy atom. The minimum Gasteiger partial charge on any atom is -0.396 e. The summed E-state index contributed by atoms with van der Waals surface area (Å²) in [5.74, 6) is 0. The quantitative estimate of drug-likeness (QED) is 0.812.